The standard InChI is InChI=1S/C32H49N11O3/c33-27(31(45)46)20-29(44)42-18-12-24(13-19-42)37-30-26-10-4-5-11-28(26)38-32(39-30)36-21-25-22-43(41-40-25)17-7-15-34-14-6-16-35-23-8-2-1-3-9-23/h4-5,10-11,22-24,27,34-35H,1-3,6-9,12-21,33H2,(H,45,46)(H2,36,37,38,39)/t27-/m0/s1. The van der Waals surface area contributed by atoms with Crippen LogP contribution in [0.2, 0.25) is 0 Å². The molecule has 5 rings (SSSR count). The molecule has 2 aromatic heterocycles. The smallest absolute Gasteiger partial charge is 0.321 e. The van der Waals surface area contributed by atoms with Crippen molar-refractivity contribution in [3.63, 3.8) is 0 Å². The van der Waals surface area contributed by atoms with Gasteiger partial charge in [0, 0.05) is 37.1 Å². The van der Waals surface area contributed by atoms with E-state index in [2.05, 4.69) is 31.6 Å². The summed E-state index contributed by atoms with van der Waals surface area (Å²) >= 11 is 0. The molecule has 1 atom stereocenters. The molecule has 1 saturated carbocycles. The van der Waals surface area contributed by atoms with Crippen LogP contribution >= 0.6 is 0 Å². The van der Waals surface area contributed by atoms with E-state index >= 15 is 0 Å². The second kappa shape index (κ2) is 17.2. The summed E-state index contributed by atoms with van der Waals surface area (Å²) in [4.78, 5) is 34.7. The Kier molecular flexibility index (Phi) is 12.5. The lowest BCUT2D eigenvalue weighted by Gasteiger charge is -2.33. The Balaban J connectivity index is 1.04. The largest absolute Gasteiger partial charge is 0.480 e. The van der Waals surface area contributed by atoms with E-state index in [1.165, 1.54) is 32.1 Å². The fourth-order valence-electron chi connectivity index (χ4n) is 6.15. The summed E-state index contributed by atoms with van der Waals surface area (Å²) in [7, 11) is 0. The van der Waals surface area contributed by atoms with Gasteiger partial charge in [-0.25, -0.2) is 4.98 Å². The molecular formula is C32H49N11O3. The number of benzene rings is 1. The van der Waals surface area contributed by atoms with Crippen molar-refractivity contribution in [2.75, 3.05) is 43.4 Å². The number of aliphatic carboxylic acids is 1. The Hall–Kier alpha value is -3.88. The quantitative estimate of drug-likeness (QED) is 0.119. The van der Waals surface area contributed by atoms with Crippen molar-refractivity contribution in [3.05, 3.63) is 36.2 Å². The summed E-state index contributed by atoms with van der Waals surface area (Å²) in [6.07, 6.45) is 12.1. The number of para-hydroxylation sites is 1. The van der Waals surface area contributed by atoms with Crippen LogP contribution in [0.25, 0.3) is 10.9 Å². The zero-order valence-corrected chi connectivity index (χ0v) is 26.7. The SMILES string of the molecule is N[C@@H](CC(=O)N1CCC(Nc2nc(NCc3cn(CCCNCCCNC4CCCCC4)nn3)nc3ccccc23)CC1)C(=O)O. The third kappa shape index (κ3) is 10.1. The molecule has 7 N–H and O–H groups in total. The number of aromatic nitrogens is 5. The number of anilines is 2. The maximum Gasteiger partial charge on any atom is 0.321 e. The molecule has 3 heterocycles. The molecule has 1 aromatic carbocycles. The number of amides is 1. The number of carbonyl (C=O) groups is 2. The molecule has 14 nitrogen and oxygen atoms in total. The number of likely N-dealkylation sites (tertiary alicyclic amines) is 1. The Labute approximate surface area is 270 Å². The number of fused-ring (bicyclic) bond motifs is 1. The minimum Gasteiger partial charge on any atom is -0.480 e. The second-order valence-electron chi connectivity index (χ2n) is 12.4. The van der Waals surface area contributed by atoms with Gasteiger partial charge < -0.3 is 37.0 Å². The minimum absolute atomic E-state index is 0.107. The monoisotopic (exact) mass is 635 g/mol. The Morgan fingerprint density at radius 1 is 0.978 bits per heavy atom. The van der Waals surface area contributed by atoms with Crippen LogP contribution in [0.15, 0.2) is 30.5 Å². The Morgan fingerprint density at radius 3 is 2.57 bits per heavy atom. The van der Waals surface area contributed by atoms with Crippen LogP contribution in [0.4, 0.5) is 11.8 Å². The van der Waals surface area contributed by atoms with Gasteiger partial charge in [-0.05, 0) is 70.3 Å². The Bertz CT molecular complexity index is 1400. The highest BCUT2D eigenvalue weighted by atomic mass is 16.4. The van der Waals surface area contributed by atoms with E-state index in [0.717, 1.165) is 67.5 Å². The number of nitrogens with two attached hydrogens (primary N) is 1. The van der Waals surface area contributed by atoms with Crippen molar-refractivity contribution in [1.29, 1.82) is 0 Å². The first-order valence-corrected chi connectivity index (χ1v) is 16.8. The number of piperidine rings is 1. The van der Waals surface area contributed by atoms with Crippen molar-refractivity contribution in [3.8, 4) is 0 Å². The predicted molar refractivity (Wildman–Crippen MR) is 177 cm³/mol. The number of carboxylic acids is 1. The minimum atomic E-state index is -1.18. The first kappa shape index (κ1) is 33.5. The number of carbonyl (C=O) groups excluding carboxylic acids is 1. The third-order valence-electron chi connectivity index (χ3n) is 8.83. The highest BCUT2D eigenvalue weighted by molar-refractivity contribution is 5.90. The number of nitrogens with one attached hydrogen (secondary N) is 4. The maximum atomic E-state index is 12.5. The maximum absolute atomic E-state index is 12.5. The van der Waals surface area contributed by atoms with E-state index in [9.17, 15) is 9.59 Å². The number of hydrogen-bond donors (Lipinski definition) is 6. The number of aryl methyl sites for hydroxylation is 1. The zero-order chi connectivity index (χ0) is 32.1. The first-order chi connectivity index (χ1) is 22.4. The first-order valence-electron chi connectivity index (χ1n) is 16.8. The molecule has 14 heteroatoms. The molecule has 0 bridgehead atoms. The van der Waals surface area contributed by atoms with E-state index in [0.29, 0.717) is 38.4 Å². The molecule has 1 aliphatic heterocycles. The number of hydrogen-bond acceptors (Lipinski definition) is 11. The molecule has 250 valence electrons. The molecular weight excluding hydrogens is 586 g/mol. The molecule has 2 aliphatic rings. The van der Waals surface area contributed by atoms with Crippen LogP contribution in [0, 0.1) is 0 Å². The fourth-order valence-corrected chi connectivity index (χ4v) is 6.15. The van der Waals surface area contributed by atoms with Gasteiger partial charge in [0.1, 0.15) is 17.6 Å². The van der Waals surface area contributed by atoms with Gasteiger partial charge in [-0.1, -0.05) is 36.6 Å². The van der Waals surface area contributed by atoms with Crippen LogP contribution in [0.5, 0.6) is 0 Å². The topological polar surface area (TPSA) is 188 Å². The fraction of sp³-hybridized carbons (Fsp3) is 0.625. The predicted octanol–water partition coefficient (Wildman–Crippen LogP) is 2.33. The van der Waals surface area contributed by atoms with Crippen molar-refractivity contribution in [2.45, 2.75) is 95.4 Å². The number of carboxylic acid groups (broad SMARTS) is 1. The third-order valence-corrected chi connectivity index (χ3v) is 8.83. The van der Waals surface area contributed by atoms with Gasteiger partial charge in [-0.3, -0.25) is 14.3 Å². The van der Waals surface area contributed by atoms with Crippen LogP contribution < -0.4 is 27.0 Å². The van der Waals surface area contributed by atoms with Gasteiger partial charge in [0.15, 0.2) is 0 Å². The van der Waals surface area contributed by atoms with Crippen molar-refractivity contribution in [1.82, 2.24) is 40.5 Å². The highest BCUT2D eigenvalue weighted by Crippen LogP contribution is 2.25. The van der Waals surface area contributed by atoms with Gasteiger partial charge in [0.2, 0.25) is 11.9 Å². The lowest BCUT2D eigenvalue weighted by atomic mass is 9.95. The zero-order valence-electron chi connectivity index (χ0n) is 26.7. The average Bonchev–Trinajstić information content (AvgIpc) is 3.53. The summed E-state index contributed by atoms with van der Waals surface area (Å²) in [5, 5.41) is 32.6. The molecule has 0 unspecified atom stereocenters. The molecule has 1 saturated heterocycles. The van der Waals surface area contributed by atoms with Crippen molar-refractivity contribution < 1.29 is 14.7 Å². The van der Waals surface area contributed by atoms with Gasteiger partial charge in [0.25, 0.3) is 0 Å². The van der Waals surface area contributed by atoms with Crippen LogP contribution in [0.1, 0.15) is 69.9 Å². The van der Waals surface area contributed by atoms with Crippen molar-refractivity contribution in [2.24, 2.45) is 5.73 Å². The molecule has 0 radical (unpaired) electrons. The summed E-state index contributed by atoms with van der Waals surface area (Å²) < 4.78 is 1.88. The van der Waals surface area contributed by atoms with Crippen LogP contribution in [-0.4, -0.2) is 97.7 Å². The van der Waals surface area contributed by atoms with Crippen LogP contribution in [0.3, 0.4) is 0 Å². The van der Waals surface area contributed by atoms with E-state index in [1.54, 1.807) is 4.90 Å². The number of rotatable bonds is 17. The van der Waals surface area contributed by atoms with Gasteiger partial charge in [-0.2, -0.15) is 4.98 Å². The normalized spacial score (nSPS) is 16.8. The number of nitrogens with zero attached hydrogens (tertiary/aromatic N) is 6. The molecule has 1 aliphatic carbocycles. The lowest BCUT2D eigenvalue weighted by Crippen LogP contribution is -2.45. The molecule has 2 fully saturated rings. The second-order valence-corrected chi connectivity index (χ2v) is 12.4. The van der Waals surface area contributed by atoms with E-state index < -0.39 is 12.0 Å². The van der Waals surface area contributed by atoms with Gasteiger partial charge in [-0.15, -0.1) is 5.10 Å². The summed E-state index contributed by atoms with van der Waals surface area (Å²) in [6, 6.07) is 7.51. The molecule has 46 heavy (non-hydrogen) atoms. The van der Waals surface area contributed by atoms with E-state index in [-0.39, 0.29) is 18.4 Å². The summed E-state index contributed by atoms with van der Waals surface area (Å²) in [6.45, 7) is 5.37. The molecule has 0 spiro atoms. The average molecular weight is 636 g/mol. The van der Waals surface area contributed by atoms with E-state index in [4.69, 9.17) is 20.8 Å². The Morgan fingerprint density at radius 2 is 1.76 bits per heavy atom. The lowest BCUT2D eigenvalue weighted by molar-refractivity contribution is -0.142. The highest BCUT2D eigenvalue weighted by Gasteiger charge is 2.26. The van der Waals surface area contributed by atoms with Crippen molar-refractivity contribution >= 4 is 34.5 Å². The molecule has 1 amide bonds. The summed E-state index contributed by atoms with van der Waals surface area (Å²) in [5.74, 6) is -0.171. The molecule has 3 aromatic rings. The van der Waals surface area contributed by atoms with Crippen LogP contribution in [-0.2, 0) is 22.7 Å². The van der Waals surface area contributed by atoms with Gasteiger partial charge >= 0.3 is 5.97 Å². The van der Waals surface area contributed by atoms with E-state index in [1.807, 2.05) is 35.1 Å². The van der Waals surface area contributed by atoms with Gasteiger partial charge in [0.05, 0.1) is 24.7 Å². The summed E-state index contributed by atoms with van der Waals surface area (Å²) in [5.41, 5.74) is 7.18.